The number of aliphatic hydroxyl groups is 1. The third kappa shape index (κ3) is 2.84. The second-order valence-corrected chi connectivity index (χ2v) is 7.29. The molecule has 2 aliphatic heterocycles. The number of hydrogen-bond donors (Lipinski definition) is 1. The minimum Gasteiger partial charge on any atom is -0.396 e. The second kappa shape index (κ2) is 5.71. The van der Waals surface area contributed by atoms with Crippen LogP contribution in [-0.2, 0) is 0 Å². The molecule has 0 radical (unpaired) electrons. The first kappa shape index (κ1) is 13.8. The molecule has 0 spiro atoms. The first-order valence-electron chi connectivity index (χ1n) is 8.31. The summed E-state index contributed by atoms with van der Waals surface area (Å²) in [4.78, 5) is 5.38. The summed E-state index contributed by atoms with van der Waals surface area (Å²) in [5.74, 6) is 0. The lowest BCUT2D eigenvalue weighted by atomic mass is 9.74. The Morgan fingerprint density at radius 1 is 1.11 bits per heavy atom. The Morgan fingerprint density at radius 3 is 2.63 bits per heavy atom. The highest BCUT2D eigenvalue weighted by Crippen LogP contribution is 2.38. The van der Waals surface area contributed by atoms with Crippen LogP contribution in [0, 0.1) is 5.41 Å². The van der Waals surface area contributed by atoms with E-state index in [0.717, 1.165) is 12.6 Å². The van der Waals surface area contributed by atoms with Gasteiger partial charge in [0.2, 0.25) is 0 Å². The molecule has 1 saturated carbocycles. The molecule has 2 unspecified atom stereocenters. The smallest absolute Gasteiger partial charge is 0.0499 e. The van der Waals surface area contributed by atoms with Crippen LogP contribution in [0.2, 0.25) is 0 Å². The van der Waals surface area contributed by atoms with Gasteiger partial charge in [-0.25, -0.2) is 0 Å². The summed E-state index contributed by atoms with van der Waals surface area (Å²) in [7, 11) is 0. The summed E-state index contributed by atoms with van der Waals surface area (Å²) in [6.45, 7) is 7.70. The Bertz CT molecular complexity index is 301. The molecule has 1 aliphatic carbocycles. The molecule has 0 aromatic carbocycles. The lowest BCUT2D eigenvalue weighted by Gasteiger charge is -2.47. The molecule has 0 aromatic heterocycles. The highest BCUT2D eigenvalue weighted by molar-refractivity contribution is 4.94. The standard InChI is InChI=1S/C16H30N2O/c1-14-10-17-9-5-6-15(17)11-18(14)12-16(13-19)7-3-2-4-8-16/h14-15,19H,2-13H2,1H3. The highest BCUT2D eigenvalue weighted by Gasteiger charge is 2.39. The molecule has 0 bridgehead atoms. The number of nitrogens with zero attached hydrogens (tertiary/aromatic N) is 2. The Morgan fingerprint density at radius 2 is 1.89 bits per heavy atom. The molecule has 3 aliphatic rings. The molecule has 1 N–H and O–H groups in total. The van der Waals surface area contributed by atoms with E-state index in [4.69, 9.17) is 0 Å². The fourth-order valence-corrected chi connectivity index (χ4v) is 4.57. The quantitative estimate of drug-likeness (QED) is 0.847. The number of rotatable bonds is 3. The van der Waals surface area contributed by atoms with Crippen LogP contribution in [0.1, 0.15) is 51.9 Å². The van der Waals surface area contributed by atoms with Gasteiger partial charge >= 0.3 is 0 Å². The van der Waals surface area contributed by atoms with Gasteiger partial charge in [-0.2, -0.15) is 0 Å². The number of hydrogen-bond acceptors (Lipinski definition) is 3. The fraction of sp³-hybridized carbons (Fsp3) is 1.00. The van der Waals surface area contributed by atoms with E-state index < -0.39 is 0 Å². The average molecular weight is 266 g/mol. The molecule has 3 heteroatoms. The molecular weight excluding hydrogens is 236 g/mol. The van der Waals surface area contributed by atoms with Gasteiger partial charge in [-0.05, 0) is 39.2 Å². The Hall–Kier alpha value is -0.120. The van der Waals surface area contributed by atoms with E-state index in [-0.39, 0.29) is 5.41 Å². The van der Waals surface area contributed by atoms with Gasteiger partial charge in [0.1, 0.15) is 0 Å². The van der Waals surface area contributed by atoms with Gasteiger partial charge in [0.05, 0.1) is 0 Å². The van der Waals surface area contributed by atoms with Crippen molar-refractivity contribution >= 4 is 0 Å². The Balaban J connectivity index is 1.64. The van der Waals surface area contributed by atoms with E-state index in [1.165, 1.54) is 64.6 Å². The maximum Gasteiger partial charge on any atom is 0.0499 e. The van der Waals surface area contributed by atoms with Gasteiger partial charge in [-0.15, -0.1) is 0 Å². The largest absolute Gasteiger partial charge is 0.396 e. The van der Waals surface area contributed by atoms with E-state index in [2.05, 4.69) is 16.7 Å². The van der Waals surface area contributed by atoms with Crippen LogP contribution in [0.15, 0.2) is 0 Å². The van der Waals surface area contributed by atoms with Gasteiger partial charge < -0.3 is 5.11 Å². The third-order valence-corrected chi connectivity index (χ3v) is 5.85. The second-order valence-electron chi connectivity index (χ2n) is 7.29. The zero-order valence-electron chi connectivity index (χ0n) is 12.5. The monoisotopic (exact) mass is 266 g/mol. The number of aliphatic hydroxyl groups excluding tert-OH is 1. The van der Waals surface area contributed by atoms with E-state index in [1.807, 2.05) is 0 Å². The molecular formula is C16H30N2O. The van der Waals surface area contributed by atoms with E-state index in [0.29, 0.717) is 12.6 Å². The zero-order valence-corrected chi connectivity index (χ0v) is 12.5. The van der Waals surface area contributed by atoms with E-state index in [1.54, 1.807) is 0 Å². The molecule has 110 valence electrons. The molecule has 2 saturated heterocycles. The van der Waals surface area contributed by atoms with Gasteiger partial charge in [-0.3, -0.25) is 9.80 Å². The number of piperazine rings is 1. The van der Waals surface area contributed by atoms with Gasteiger partial charge in [0, 0.05) is 43.7 Å². The van der Waals surface area contributed by atoms with Crippen LogP contribution in [0.3, 0.4) is 0 Å². The number of fused-ring (bicyclic) bond motifs is 1. The summed E-state index contributed by atoms with van der Waals surface area (Å²) >= 11 is 0. The molecule has 2 heterocycles. The molecule has 3 nitrogen and oxygen atoms in total. The molecule has 3 fully saturated rings. The van der Waals surface area contributed by atoms with Gasteiger partial charge in [0.25, 0.3) is 0 Å². The molecule has 2 atom stereocenters. The molecule has 3 rings (SSSR count). The summed E-state index contributed by atoms with van der Waals surface area (Å²) < 4.78 is 0. The summed E-state index contributed by atoms with van der Waals surface area (Å²) in [5, 5.41) is 9.91. The molecule has 0 amide bonds. The van der Waals surface area contributed by atoms with Crippen molar-refractivity contribution in [2.45, 2.75) is 64.0 Å². The minimum atomic E-state index is 0.216. The summed E-state index contributed by atoms with van der Waals surface area (Å²) in [5.41, 5.74) is 0.216. The first-order chi connectivity index (χ1) is 9.22. The third-order valence-electron chi connectivity index (χ3n) is 5.85. The Labute approximate surface area is 118 Å². The van der Waals surface area contributed by atoms with Crippen molar-refractivity contribution in [1.29, 1.82) is 0 Å². The highest BCUT2D eigenvalue weighted by atomic mass is 16.3. The predicted octanol–water partition coefficient (Wildman–Crippen LogP) is 2.10. The van der Waals surface area contributed by atoms with Crippen LogP contribution in [0.4, 0.5) is 0 Å². The first-order valence-corrected chi connectivity index (χ1v) is 8.31. The normalized spacial score (nSPS) is 36.3. The van der Waals surface area contributed by atoms with Crippen LogP contribution in [0.25, 0.3) is 0 Å². The lowest BCUT2D eigenvalue weighted by Crippen LogP contribution is -2.57. The molecule has 19 heavy (non-hydrogen) atoms. The predicted molar refractivity (Wildman–Crippen MR) is 78.2 cm³/mol. The van der Waals surface area contributed by atoms with Crippen molar-refractivity contribution in [3.63, 3.8) is 0 Å². The Kier molecular flexibility index (Phi) is 4.16. The van der Waals surface area contributed by atoms with E-state index >= 15 is 0 Å². The van der Waals surface area contributed by atoms with Crippen LogP contribution in [0.5, 0.6) is 0 Å². The van der Waals surface area contributed by atoms with Crippen molar-refractivity contribution in [3.8, 4) is 0 Å². The van der Waals surface area contributed by atoms with Crippen molar-refractivity contribution in [2.75, 3.05) is 32.8 Å². The van der Waals surface area contributed by atoms with E-state index in [9.17, 15) is 5.11 Å². The SMILES string of the molecule is CC1CN2CCCC2CN1CC1(CO)CCCCC1. The van der Waals surface area contributed by atoms with Crippen LogP contribution in [-0.4, -0.2) is 59.8 Å². The maximum absolute atomic E-state index is 9.91. The summed E-state index contributed by atoms with van der Waals surface area (Å²) in [6, 6.07) is 1.47. The molecule has 0 aromatic rings. The van der Waals surface area contributed by atoms with Crippen molar-refractivity contribution in [1.82, 2.24) is 9.80 Å². The van der Waals surface area contributed by atoms with Crippen molar-refractivity contribution in [2.24, 2.45) is 5.41 Å². The topological polar surface area (TPSA) is 26.7 Å². The van der Waals surface area contributed by atoms with Crippen molar-refractivity contribution in [3.05, 3.63) is 0 Å². The maximum atomic E-state index is 9.91. The van der Waals surface area contributed by atoms with Crippen molar-refractivity contribution < 1.29 is 5.11 Å². The van der Waals surface area contributed by atoms with Gasteiger partial charge in [0.15, 0.2) is 0 Å². The van der Waals surface area contributed by atoms with Crippen LogP contribution < -0.4 is 0 Å². The van der Waals surface area contributed by atoms with Crippen LogP contribution >= 0.6 is 0 Å². The summed E-state index contributed by atoms with van der Waals surface area (Å²) in [6.07, 6.45) is 9.25. The zero-order chi connectivity index (χ0) is 13.3. The average Bonchev–Trinajstić information content (AvgIpc) is 2.87. The minimum absolute atomic E-state index is 0.216. The van der Waals surface area contributed by atoms with Gasteiger partial charge in [-0.1, -0.05) is 19.3 Å². The lowest BCUT2D eigenvalue weighted by molar-refractivity contribution is -0.0106. The fourth-order valence-electron chi connectivity index (χ4n) is 4.57.